The highest BCUT2D eigenvalue weighted by Gasteiger charge is 2.18. The monoisotopic (exact) mass is 389 g/mol. The minimum atomic E-state index is 0.243. The van der Waals surface area contributed by atoms with E-state index in [4.69, 9.17) is 5.73 Å². The molecule has 0 unspecified atom stereocenters. The quantitative estimate of drug-likeness (QED) is 0.671. The molecule has 0 amide bonds. The van der Waals surface area contributed by atoms with Crippen molar-refractivity contribution in [2.75, 3.05) is 37.2 Å². The zero-order valence-corrected chi connectivity index (χ0v) is 16.8. The molecule has 1 aliphatic heterocycles. The van der Waals surface area contributed by atoms with Crippen molar-refractivity contribution in [3.05, 3.63) is 71.5 Å². The Kier molecular flexibility index (Phi) is 5.97. The van der Waals surface area contributed by atoms with Gasteiger partial charge in [0.25, 0.3) is 0 Å². The van der Waals surface area contributed by atoms with Gasteiger partial charge in [-0.3, -0.25) is 9.80 Å². The smallest absolute Gasteiger partial charge is 0.232 e. The zero-order chi connectivity index (χ0) is 20.1. The Morgan fingerprint density at radius 2 is 1.59 bits per heavy atom. The van der Waals surface area contributed by atoms with Crippen LogP contribution in [0.5, 0.6) is 0 Å². The third-order valence-corrected chi connectivity index (χ3v) is 5.05. The normalized spacial score (nSPS) is 15.3. The summed E-state index contributed by atoms with van der Waals surface area (Å²) in [6.45, 7) is 7.76. The molecule has 3 aromatic rings. The predicted octanol–water partition coefficient (Wildman–Crippen LogP) is 2.82. The van der Waals surface area contributed by atoms with Gasteiger partial charge < -0.3 is 11.1 Å². The van der Waals surface area contributed by atoms with Crippen molar-refractivity contribution in [2.45, 2.75) is 20.0 Å². The number of nitrogens with zero attached hydrogens (tertiary/aromatic N) is 5. The van der Waals surface area contributed by atoms with E-state index in [1.807, 2.05) is 18.2 Å². The number of nitrogen functional groups attached to an aromatic ring is 1. The van der Waals surface area contributed by atoms with Crippen LogP contribution < -0.4 is 11.1 Å². The summed E-state index contributed by atoms with van der Waals surface area (Å²) in [5.41, 5.74) is 9.40. The number of aryl methyl sites for hydroxylation is 1. The number of hydrogen-bond acceptors (Lipinski definition) is 7. The van der Waals surface area contributed by atoms with E-state index < -0.39 is 0 Å². The largest absolute Gasteiger partial charge is 0.368 e. The molecule has 0 bridgehead atoms. The second kappa shape index (κ2) is 8.98. The lowest BCUT2D eigenvalue weighted by atomic mass is 10.2. The summed E-state index contributed by atoms with van der Waals surface area (Å²) < 4.78 is 0. The van der Waals surface area contributed by atoms with Crippen molar-refractivity contribution in [3.63, 3.8) is 0 Å². The molecule has 1 fully saturated rings. The van der Waals surface area contributed by atoms with Crippen molar-refractivity contribution in [2.24, 2.45) is 0 Å². The van der Waals surface area contributed by atoms with Crippen molar-refractivity contribution in [1.29, 1.82) is 0 Å². The Hall–Kier alpha value is -3.03. The number of benzene rings is 2. The molecular formula is C22H27N7. The summed E-state index contributed by atoms with van der Waals surface area (Å²) in [5, 5.41) is 3.23. The first-order valence-corrected chi connectivity index (χ1v) is 9.97. The van der Waals surface area contributed by atoms with Crippen molar-refractivity contribution in [3.8, 4) is 0 Å². The van der Waals surface area contributed by atoms with Crippen LogP contribution in [0.3, 0.4) is 0 Å². The van der Waals surface area contributed by atoms with Gasteiger partial charge in [-0.2, -0.15) is 15.0 Å². The summed E-state index contributed by atoms with van der Waals surface area (Å²) in [6.07, 6.45) is 0. The fourth-order valence-electron chi connectivity index (χ4n) is 3.56. The molecular weight excluding hydrogens is 362 g/mol. The van der Waals surface area contributed by atoms with Crippen LogP contribution in [0.25, 0.3) is 0 Å². The summed E-state index contributed by atoms with van der Waals surface area (Å²) in [5.74, 6) is 1.43. The van der Waals surface area contributed by atoms with Crippen molar-refractivity contribution in [1.82, 2.24) is 24.8 Å². The summed E-state index contributed by atoms with van der Waals surface area (Å²) in [6, 6.07) is 18.7. The van der Waals surface area contributed by atoms with E-state index in [1.54, 1.807) is 0 Å². The zero-order valence-electron chi connectivity index (χ0n) is 16.8. The summed E-state index contributed by atoms with van der Waals surface area (Å²) in [4.78, 5) is 18.0. The van der Waals surface area contributed by atoms with Crippen LogP contribution in [-0.4, -0.2) is 50.9 Å². The van der Waals surface area contributed by atoms with Crippen molar-refractivity contribution >= 4 is 17.6 Å². The van der Waals surface area contributed by atoms with Crippen LogP contribution in [0.15, 0.2) is 54.6 Å². The fraction of sp³-hybridized carbons (Fsp3) is 0.318. The molecule has 4 rings (SSSR count). The first-order chi connectivity index (χ1) is 14.1. The van der Waals surface area contributed by atoms with Gasteiger partial charge in [-0.05, 0) is 30.2 Å². The Morgan fingerprint density at radius 1 is 0.862 bits per heavy atom. The number of hydrogen-bond donors (Lipinski definition) is 2. The van der Waals surface area contributed by atoms with Gasteiger partial charge in [0.1, 0.15) is 5.82 Å². The molecule has 2 heterocycles. The van der Waals surface area contributed by atoms with Crippen LogP contribution in [0.1, 0.15) is 17.0 Å². The fourth-order valence-corrected chi connectivity index (χ4v) is 3.56. The lowest BCUT2D eigenvalue weighted by Crippen LogP contribution is -2.45. The third kappa shape index (κ3) is 5.49. The van der Waals surface area contributed by atoms with Crippen LogP contribution in [0, 0.1) is 6.92 Å². The highest BCUT2D eigenvalue weighted by molar-refractivity contribution is 5.54. The number of anilines is 3. The summed E-state index contributed by atoms with van der Waals surface area (Å²) >= 11 is 0. The maximum Gasteiger partial charge on any atom is 0.232 e. The number of nitrogens with one attached hydrogen (secondary N) is 1. The average Bonchev–Trinajstić information content (AvgIpc) is 2.70. The molecule has 0 radical (unpaired) electrons. The van der Waals surface area contributed by atoms with E-state index in [9.17, 15) is 0 Å². The highest BCUT2D eigenvalue weighted by atomic mass is 15.3. The third-order valence-electron chi connectivity index (χ3n) is 5.05. The maximum absolute atomic E-state index is 5.93. The molecule has 0 aliphatic carbocycles. The lowest BCUT2D eigenvalue weighted by Gasteiger charge is -2.34. The van der Waals surface area contributed by atoms with Gasteiger partial charge >= 0.3 is 0 Å². The van der Waals surface area contributed by atoms with Gasteiger partial charge in [0, 0.05) is 38.4 Å². The van der Waals surface area contributed by atoms with E-state index in [1.165, 1.54) is 11.1 Å². The molecule has 3 N–H and O–H groups in total. The lowest BCUT2D eigenvalue weighted by molar-refractivity contribution is 0.120. The van der Waals surface area contributed by atoms with Crippen molar-refractivity contribution < 1.29 is 0 Å². The van der Waals surface area contributed by atoms with Crippen LogP contribution in [0.4, 0.5) is 17.6 Å². The van der Waals surface area contributed by atoms with Gasteiger partial charge in [0.2, 0.25) is 11.9 Å². The standard InChI is InChI=1S/C22H27N7/c1-17-6-5-9-19(14-17)24-22-26-20(25-21(23)27-22)16-29-12-10-28(11-13-29)15-18-7-3-2-4-8-18/h2-9,14H,10-13,15-16H2,1H3,(H3,23,24,25,26,27). The number of aromatic nitrogens is 3. The van der Waals surface area contributed by atoms with Gasteiger partial charge in [0.05, 0.1) is 6.54 Å². The van der Waals surface area contributed by atoms with E-state index in [2.05, 4.69) is 73.4 Å². The predicted molar refractivity (Wildman–Crippen MR) is 116 cm³/mol. The number of piperazine rings is 1. The Bertz CT molecular complexity index is 937. The molecule has 7 nitrogen and oxygen atoms in total. The van der Waals surface area contributed by atoms with Gasteiger partial charge in [0.15, 0.2) is 0 Å². The van der Waals surface area contributed by atoms with Crippen LogP contribution in [0.2, 0.25) is 0 Å². The highest BCUT2D eigenvalue weighted by Crippen LogP contribution is 2.16. The molecule has 1 saturated heterocycles. The minimum Gasteiger partial charge on any atom is -0.368 e. The van der Waals surface area contributed by atoms with E-state index >= 15 is 0 Å². The average molecular weight is 390 g/mol. The Balaban J connectivity index is 1.34. The second-order valence-corrected chi connectivity index (χ2v) is 7.47. The second-order valence-electron chi connectivity index (χ2n) is 7.47. The number of nitrogens with two attached hydrogens (primary N) is 1. The van der Waals surface area contributed by atoms with E-state index in [-0.39, 0.29) is 5.95 Å². The SMILES string of the molecule is Cc1cccc(Nc2nc(N)nc(CN3CCN(Cc4ccccc4)CC3)n2)c1. The maximum atomic E-state index is 5.93. The van der Waals surface area contributed by atoms with Gasteiger partial charge in [-0.15, -0.1) is 0 Å². The first-order valence-electron chi connectivity index (χ1n) is 9.97. The summed E-state index contributed by atoms with van der Waals surface area (Å²) in [7, 11) is 0. The minimum absolute atomic E-state index is 0.243. The van der Waals surface area contributed by atoms with Gasteiger partial charge in [-0.25, -0.2) is 0 Å². The van der Waals surface area contributed by atoms with E-state index in [0.717, 1.165) is 38.4 Å². The van der Waals surface area contributed by atoms with Gasteiger partial charge in [-0.1, -0.05) is 42.5 Å². The van der Waals surface area contributed by atoms with Crippen LogP contribution in [-0.2, 0) is 13.1 Å². The molecule has 29 heavy (non-hydrogen) atoms. The molecule has 0 spiro atoms. The molecule has 7 heteroatoms. The molecule has 2 aromatic carbocycles. The molecule has 1 aliphatic rings. The molecule has 0 saturated carbocycles. The number of rotatable bonds is 6. The Labute approximate surface area is 171 Å². The molecule has 0 atom stereocenters. The van der Waals surface area contributed by atoms with Crippen LogP contribution >= 0.6 is 0 Å². The molecule has 1 aromatic heterocycles. The Morgan fingerprint density at radius 3 is 2.31 bits per heavy atom. The first kappa shape index (κ1) is 19.3. The topological polar surface area (TPSA) is 83.2 Å². The van der Waals surface area contributed by atoms with E-state index in [0.29, 0.717) is 18.3 Å². The molecule has 150 valence electrons.